The van der Waals surface area contributed by atoms with Crippen molar-refractivity contribution < 1.29 is 9.53 Å². The van der Waals surface area contributed by atoms with Crippen LogP contribution in [0.25, 0.3) is 0 Å². The first-order chi connectivity index (χ1) is 14.5. The van der Waals surface area contributed by atoms with Crippen molar-refractivity contribution in [3.05, 3.63) is 29.8 Å². The zero-order chi connectivity index (χ0) is 24.2. The Kier molecular flexibility index (Phi) is 6.38. The van der Waals surface area contributed by atoms with Gasteiger partial charge in [0.05, 0.1) is 17.9 Å². The molecule has 2 aliphatic rings. The highest BCUT2D eigenvalue weighted by Crippen LogP contribution is 2.48. The van der Waals surface area contributed by atoms with Crippen molar-refractivity contribution in [2.45, 2.75) is 84.3 Å². The molecule has 3 rings (SSSR count). The average Bonchev–Trinajstić information content (AvgIpc) is 2.65. The van der Waals surface area contributed by atoms with Crippen LogP contribution in [0.4, 0.5) is 0 Å². The smallest absolute Gasteiger partial charge is 0.155 e. The summed E-state index contributed by atoms with van der Waals surface area (Å²) in [6.45, 7) is 23.9. The third kappa shape index (κ3) is 4.76. The maximum Gasteiger partial charge on any atom is 0.155 e. The number of methoxy groups -OCH3 is 1. The normalized spacial score (nSPS) is 28.1. The van der Waals surface area contributed by atoms with Crippen molar-refractivity contribution in [2.24, 2.45) is 5.41 Å². The highest BCUT2D eigenvalue weighted by Gasteiger charge is 2.62. The van der Waals surface area contributed by atoms with Gasteiger partial charge >= 0.3 is 0 Å². The lowest BCUT2D eigenvalue weighted by Crippen LogP contribution is -2.77. The van der Waals surface area contributed by atoms with Gasteiger partial charge in [-0.3, -0.25) is 14.6 Å². The SMILES string of the molecule is COc1ccc(C23CN(C(C)(C)C)CC(CNC(C)(C)C)(CN(C(C)(C)C)C2)C3=O)cc1. The van der Waals surface area contributed by atoms with E-state index in [1.165, 1.54) is 0 Å². The molecule has 0 spiro atoms. The van der Waals surface area contributed by atoms with Gasteiger partial charge in [0.25, 0.3) is 0 Å². The Morgan fingerprint density at radius 1 is 0.844 bits per heavy atom. The van der Waals surface area contributed by atoms with Gasteiger partial charge in [-0.1, -0.05) is 12.1 Å². The number of ketones is 1. The molecule has 2 bridgehead atoms. The molecule has 5 nitrogen and oxygen atoms in total. The number of hydrogen-bond donors (Lipinski definition) is 1. The number of Topliss-reactive ketones (excluding diaryl/α,β-unsaturated/α-hetero) is 1. The lowest BCUT2D eigenvalue weighted by Gasteiger charge is -2.62. The zero-order valence-electron chi connectivity index (χ0n) is 22.1. The van der Waals surface area contributed by atoms with E-state index in [-0.39, 0.29) is 16.6 Å². The van der Waals surface area contributed by atoms with Crippen LogP contribution in [-0.4, -0.2) is 72.0 Å². The number of ether oxygens (including phenoxy) is 1. The minimum atomic E-state index is -0.567. The van der Waals surface area contributed by atoms with E-state index in [2.05, 4.69) is 89.6 Å². The number of rotatable bonds is 4. The Bertz CT molecular complexity index is 798. The molecule has 5 heteroatoms. The predicted octanol–water partition coefficient (Wildman–Crippen LogP) is 4.10. The molecule has 0 amide bonds. The number of carbonyl (C=O) groups is 1. The lowest BCUT2D eigenvalue weighted by molar-refractivity contribution is -0.160. The zero-order valence-corrected chi connectivity index (χ0v) is 22.1. The van der Waals surface area contributed by atoms with E-state index >= 15 is 0 Å². The molecule has 0 unspecified atom stereocenters. The highest BCUT2D eigenvalue weighted by atomic mass is 16.5. The van der Waals surface area contributed by atoms with Gasteiger partial charge in [0, 0.05) is 49.3 Å². The van der Waals surface area contributed by atoms with Crippen LogP contribution < -0.4 is 10.1 Å². The quantitative estimate of drug-likeness (QED) is 0.759. The molecule has 1 aromatic carbocycles. The van der Waals surface area contributed by atoms with Crippen LogP contribution in [-0.2, 0) is 10.2 Å². The molecule has 1 aromatic rings. The molecule has 2 fully saturated rings. The van der Waals surface area contributed by atoms with E-state index in [0.29, 0.717) is 12.3 Å². The fraction of sp³-hybridized carbons (Fsp3) is 0.741. The summed E-state index contributed by atoms with van der Waals surface area (Å²) in [4.78, 5) is 19.6. The topological polar surface area (TPSA) is 44.8 Å². The van der Waals surface area contributed by atoms with Gasteiger partial charge in [-0.15, -0.1) is 0 Å². The number of carbonyl (C=O) groups excluding carboxylic acids is 1. The molecule has 2 saturated heterocycles. The van der Waals surface area contributed by atoms with Crippen LogP contribution in [0, 0.1) is 5.41 Å². The Labute approximate surface area is 195 Å². The molecule has 180 valence electrons. The van der Waals surface area contributed by atoms with E-state index in [0.717, 1.165) is 37.5 Å². The second-order valence-corrected chi connectivity index (χ2v) is 13.1. The van der Waals surface area contributed by atoms with Crippen molar-refractivity contribution in [1.29, 1.82) is 0 Å². The average molecular weight is 444 g/mol. The summed E-state index contributed by atoms with van der Waals surface area (Å²) in [6.07, 6.45) is 0. The maximum absolute atomic E-state index is 14.5. The molecular formula is C27H45N3O2. The number of fused-ring (bicyclic) bond motifs is 2. The first-order valence-electron chi connectivity index (χ1n) is 12.0. The van der Waals surface area contributed by atoms with E-state index in [1.807, 2.05) is 12.1 Å². The van der Waals surface area contributed by atoms with Gasteiger partial charge in [0.2, 0.25) is 0 Å². The van der Waals surface area contributed by atoms with Gasteiger partial charge in [0.1, 0.15) is 5.75 Å². The second kappa shape index (κ2) is 8.11. The summed E-state index contributed by atoms with van der Waals surface area (Å²) >= 11 is 0. The first kappa shape index (κ1) is 25.2. The summed E-state index contributed by atoms with van der Waals surface area (Å²) in [6, 6.07) is 8.21. The molecule has 0 radical (unpaired) electrons. The van der Waals surface area contributed by atoms with Crippen LogP contribution in [0.15, 0.2) is 24.3 Å². The van der Waals surface area contributed by atoms with Gasteiger partial charge in [-0.05, 0) is 80.0 Å². The van der Waals surface area contributed by atoms with Crippen molar-refractivity contribution in [3.63, 3.8) is 0 Å². The van der Waals surface area contributed by atoms with Crippen LogP contribution in [0.3, 0.4) is 0 Å². The van der Waals surface area contributed by atoms with Crippen molar-refractivity contribution in [1.82, 2.24) is 15.1 Å². The summed E-state index contributed by atoms with van der Waals surface area (Å²) in [7, 11) is 1.69. The third-order valence-corrected chi connectivity index (χ3v) is 7.32. The largest absolute Gasteiger partial charge is 0.497 e. The first-order valence-corrected chi connectivity index (χ1v) is 12.0. The maximum atomic E-state index is 14.5. The molecular weight excluding hydrogens is 398 g/mol. The fourth-order valence-electron chi connectivity index (χ4n) is 5.19. The van der Waals surface area contributed by atoms with Gasteiger partial charge in [-0.2, -0.15) is 0 Å². The summed E-state index contributed by atoms with van der Waals surface area (Å²) in [5.74, 6) is 1.22. The van der Waals surface area contributed by atoms with Crippen LogP contribution in [0.5, 0.6) is 5.75 Å². The minimum absolute atomic E-state index is 0.0185. The Balaban J connectivity index is 2.18. The number of nitrogens with one attached hydrogen (secondary N) is 1. The fourth-order valence-corrected chi connectivity index (χ4v) is 5.19. The van der Waals surface area contributed by atoms with Crippen molar-refractivity contribution in [3.8, 4) is 5.75 Å². The molecule has 2 aliphatic heterocycles. The number of nitrogens with zero attached hydrogens (tertiary/aromatic N) is 2. The molecule has 1 N–H and O–H groups in total. The molecule has 0 saturated carbocycles. The van der Waals surface area contributed by atoms with E-state index in [1.54, 1.807) is 7.11 Å². The number of benzene rings is 1. The number of hydrogen-bond acceptors (Lipinski definition) is 5. The summed E-state index contributed by atoms with van der Waals surface area (Å²) in [5, 5.41) is 3.70. The summed E-state index contributed by atoms with van der Waals surface area (Å²) < 4.78 is 5.42. The van der Waals surface area contributed by atoms with E-state index < -0.39 is 10.8 Å². The summed E-state index contributed by atoms with van der Waals surface area (Å²) in [5.41, 5.74) is -0.0183. The Morgan fingerprint density at radius 3 is 1.69 bits per heavy atom. The molecule has 2 heterocycles. The van der Waals surface area contributed by atoms with Gasteiger partial charge in [0.15, 0.2) is 5.78 Å². The monoisotopic (exact) mass is 443 g/mol. The molecule has 0 atom stereocenters. The van der Waals surface area contributed by atoms with Crippen LogP contribution in [0.1, 0.15) is 67.9 Å². The van der Waals surface area contributed by atoms with Crippen molar-refractivity contribution in [2.75, 3.05) is 39.8 Å². The molecule has 0 aliphatic carbocycles. The minimum Gasteiger partial charge on any atom is -0.497 e. The lowest BCUT2D eigenvalue weighted by atomic mass is 9.58. The van der Waals surface area contributed by atoms with E-state index in [4.69, 9.17) is 4.74 Å². The number of likely N-dealkylation sites (tertiary alicyclic amines) is 2. The highest BCUT2D eigenvalue weighted by molar-refractivity contribution is 5.98. The van der Waals surface area contributed by atoms with Gasteiger partial charge in [-0.25, -0.2) is 0 Å². The van der Waals surface area contributed by atoms with Crippen LogP contribution >= 0.6 is 0 Å². The van der Waals surface area contributed by atoms with Crippen LogP contribution in [0.2, 0.25) is 0 Å². The van der Waals surface area contributed by atoms with Crippen molar-refractivity contribution >= 4 is 5.78 Å². The molecule has 0 aromatic heterocycles. The standard InChI is InChI=1S/C27H45N3O2/c1-23(2,3)28-15-26-16-29(24(4,5)6)18-27(22(26)31,19-30(17-26)25(7,8)9)20-11-13-21(32-10)14-12-20/h11-14,28H,15-19H2,1-10H3. The second-order valence-electron chi connectivity index (χ2n) is 13.1. The number of piperidine rings is 2. The predicted molar refractivity (Wildman–Crippen MR) is 133 cm³/mol. The third-order valence-electron chi connectivity index (χ3n) is 7.32. The molecule has 32 heavy (non-hydrogen) atoms. The Morgan fingerprint density at radius 2 is 1.31 bits per heavy atom. The van der Waals surface area contributed by atoms with E-state index in [9.17, 15) is 4.79 Å². The Hall–Kier alpha value is -1.43. The van der Waals surface area contributed by atoms with Gasteiger partial charge < -0.3 is 10.1 Å².